The fourth-order valence-corrected chi connectivity index (χ4v) is 4.19. The van der Waals surface area contributed by atoms with Gasteiger partial charge in [-0.1, -0.05) is 6.92 Å². The van der Waals surface area contributed by atoms with Gasteiger partial charge in [-0.25, -0.2) is 14.4 Å². The number of rotatable bonds is 7. The number of carbonyl (C=O) groups is 1. The Labute approximate surface area is 171 Å². The van der Waals surface area contributed by atoms with E-state index >= 15 is 0 Å². The summed E-state index contributed by atoms with van der Waals surface area (Å²) in [4.78, 5) is 22.6. The highest BCUT2D eigenvalue weighted by atomic mass is 32.2. The fraction of sp³-hybridized carbons (Fsp3) is 0.250. The number of carboxylic acid groups (broad SMARTS) is 1. The summed E-state index contributed by atoms with van der Waals surface area (Å²) in [5.41, 5.74) is 2.08. The lowest BCUT2D eigenvalue weighted by molar-refractivity contribution is -0.133. The van der Waals surface area contributed by atoms with Crippen LogP contribution in [-0.4, -0.2) is 26.8 Å². The van der Waals surface area contributed by atoms with Crippen LogP contribution in [0.4, 0.5) is 15.9 Å². The molecular formula is C20H20FN3O2S2. The molecule has 0 saturated heterocycles. The molecule has 0 fully saturated rings. The number of hydrogen-bond donors (Lipinski definition) is 2. The SMILES string of the molecule is CCc1c(C)nc(-c2ccc(C)s2)nc1Nc1ccc(SCC(=O)O)cc1F. The standard InChI is InChI=1S/C20H20FN3O2S2/c1-4-14-12(3)22-20(17-8-5-11(2)28-17)24-19(14)23-16-7-6-13(9-15(16)21)27-10-18(25)26/h5-9H,4,10H2,1-3H3,(H,25,26)(H,22,23,24). The Bertz CT molecular complexity index is 1020. The Balaban J connectivity index is 1.92. The van der Waals surface area contributed by atoms with Crippen LogP contribution in [0, 0.1) is 19.7 Å². The zero-order chi connectivity index (χ0) is 20.3. The minimum Gasteiger partial charge on any atom is -0.481 e. The van der Waals surface area contributed by atoms with Crippen LogP contribution in [-0.2, 0) is 11.2 Å². The molecule has 0 spiro atoms. The minimum absolute atomic E-state index is 0.110. The highest BCUT2D eigenvalue weighted by molar-refractivity contribution is 8.00. The van der Waals surface area contributed by atoms with Crippen LogP contribution in [0.3, 0.4) is 0 Å². The molecule has 5 nitrogen and oxygen atoms in total. The van der Waals surface area contributed by atoms with E-state index in [1.807, 2.05) is 32.9 Å². The van der Waals surface area contributed by atoms with E-state index in [1.54, 1.807) is 23.5 Å². The van der Waals surface area contributed by atoms with Crippen LogP contribution in [0.2, 0.25) is 0 Å². The average Bonchev–Trinajstić information content (AvgIpc) is 3.08. The predicted molar refractivity (Wildman–Crippen MR) is 112 cm³/mol. The highest BCUT2D eigenvalue weighted by Gasteiger charge is 2.15. The molecule has 2 aromatic heterocycles. The van der Waals surface area contributed by atoms with Gasteiger partial charge in [-0.15, -0.1) is 23.1 Å². The van der Waals surface area contributed by atoms with Gasteiger partial charge in [0.15, 0.2) is 5.82 Å². The molecule has 3 aromatic rings. The maximum absolute atomic E-state index is 14.6. The number of benzene rings is 1. The van der Waals surface area contributed by atoms with Crippen LogP contribution in [0.1, 0.15) is 23.1 Å². The molecule has 0 saturated carbocycles. The molecule has 0 aliphatic rings. The molecule has 8 heteroatoms. The van der Waals surface area contributed by atoms with Crippen LogP contribution >= 0.6 is 23.1 Å². The number of nitrogens with zero attached hydrogens (tertiary/aromatic N) is 2. The smallest absolute Gasteiger partial charge is 0.313 e. The van der Waals surface area contributed by atoms with Crippen molar-refractivity contribution in [3.05, 3.63) is 52.3 Å². The summed E-state index contributed by atoms with van der Waals surface area (Å²) < 4.78 is 14.6. The molecular weight excluding hydrogens is 397 g/mol. The number of carboxylic acids is 1. The third-order valence-corrected chi connectivity index (χ3v) is 6.06. The molecule has 28 heavy (non-hydrogen) atoms. The molecule has 0 atom stereocenters. The van der Waals surface area contributed by atoms with Gasteiger partial charge in [0.2, 0.25) is 0 Å². The number of thioether (sulfide) groups is 1. The van der Waals surface area contributed by atoms with Crippen molar-refractivity contribution in [3.8, 4) is 10.7 Å². The van der Waals surface area contributed by atoms with E-state index in [1.165, 1.54) is 10.9 Å². The monoisotopic (exact) mass is 417 g/mol. The first-order valence-corrected chi connectivity index (χ1v) is 10.5. The Morgan fingerprint density at radius 2 is 2.04 bits per heavy atom. The van der Waals surface area contributed by atoms with Gasteiger partial charge in [-0.2, -0.15) is 0 Å². The maximum atomic E-state index is 14.6. The fourth-order valence-electron chi connectivity index (χ4n) is 2.75. The zero-order valence-electron chi connectivity index (χ0n) is 15.7. The first kappa shape index (κ1) is 20.3. The molecule has 0 aliphatic heterocycles. The molecule has 2 N–H and O–H groups in total. The quantitative estimate of drug-likeness (QED) is 0.498. The van der Waals surface area contributed by atoms with E-state index in [9.17, 15) is 9.18 Å². The normalized spacial score (nSPS) is 10.9. The van der Waals surface area contributed by atoms with Crippen molar-refractivity contribution in [2.75, 3.05) is 11.1 Å². The number of anilines is 2. The third kappa shape index (κ3) is 4.69. The van der Waals surface area contributed by atoms with Gasteiger partial charge in [0, 0.05) is 21.0 Å². The van der Waals surface area contributed by atoms with Gasteiger partial charge in [0.25, 0.3) is 0 Å². The van der Waals surface area contributed by atoms with Crippen molar-refractivity contribution in [1.82, 2.24) is 9.97 Å². The topological polar surface area (TPSA) is 75.1 Å². The first-order chi connectivity index (χ1) is 13.4. The van der Waals surface area contributed by atoms with Gasteiger partial charge in [0.1, 0.15) is 11.6 Å². The van der Waals surface area contributed by atoms with E-state index < -0.39 is 11.8 Å². The Hall–Kier alpha value is -2.45. The summed E-state index contributed by atoms with van der Waals surface area (Å²) in [5, 5.41) is 11.9. The summed E-state index contributed by atoms with van der Waals surface area (Å²) in [7, 11) is 0. The van der Waals surface area contributed by atoms with E-state index in [0.717, 1.165) is 27.9 Å². The minimum atomic E-state index is -0.937. The number of aryl methyl sites for hydroxylation is 2. The maximum Gasteiger partial charge on any atom is 0.313 e. The van der Waals surface area contributed by atoms with Crippen molar-refractivity contribution in [1.29, 1.82) is 0 Å². The van der Waals surface area contributed by atoms with Crippen LogP contribution in [0.5, 0.6) is 0 Å². The number of nitrogens with one attached hydrogen (secondary N) is 1. The van der Waals surface area contributed by atoms with Crippen molar-refractivity contribution >= 4 is 40.6 Å². The van der Waals surface area contributed by atoms with Crippen LogP contribution in [0.25, 0.3) is 10.7 Å². The van der Waals surface area contributed by atoms with Crippen molar-refractivity contribution in [2.45, 2.75) is 32.1 Å². The molecule has 2 heterocycles. The molecule has 1 aromatic carbocycles. The first-order valence-electron chi connectivity index (χ1n) is 8.73. The van der Waals surface area contributed by atoms with Gasteiger partial charge >= 0.3 is 5.97 Å². The van der Waals surface area contributed by atoms with Crippen LogP contribution < -0.4 is 5.32 Å². The molecule has 0 unspecified atom stereocenters. The molecule has 3 rings (SSSR count). The van der Waals surface area contributed by atoms with Gasteiger partial charge in [-0.05, 0) is 50.6 Å². The molecule has 0 aliphatic carbocycles. The van der Waals surface area contributed by atoms with Gasteiger partial charge < -0.3 is 10.4 Å². The van der Waals surface area contributed by atoms with Gasteiger partial charge in [0.05, 0.1) is 16.3 Å². The lowest BCUT2D eigenvalue weighted by atomic mass is 10.1. The summed E-state index contributed by atoms with van der Waals surface area (Å²) in [5.74, 6) is -0.304. The number of halogens is 1. The average molecular weight is 418 g/mol. The molecule has 0 bridgehead atoms. The van der Waals surface area contributed by atoms with E-state index in [0.29, 0.717) is 28.6 Å². The molecule has 146 valence electrons. The second kappa shape index (κ2) is 8.70. The van der Waals surface area contributed by atoms with E-state index in [-0.39, 0.29) is 5.75 Å². The molecule has 0 radical (unpaired) electrons. The third-order valence-electron chi connectivity index (χ3n) is 4.08. The van der Waals surface area contributed by atoms with Gasteiger partial charge in [-0.3, -0.25) is 4.79 Å². The summed E-state index contributed by atoms with van der Waals surface area (Å²) >= 11 is 2.69. The Kier molecular flexibility index (Phi) is 6.31. The summed E-state index contributed by atoms with van der Waals surface area (Å²) in [6.45, 7) is 5.96. The van der Waals surface area contributed by atoms with Crippen LogP contribution in [0.15, 0.2) is 35.2 Å². The number of thiophene rings is 1. The largest absolute Gasteiger partial charge is 0.481 e. The predicted octanol–water partition coefficient (Wildman–Crippen LogP) is 5.44. The second-order valence-electron chi connectivity index (χ2n) is 6.17. The number of aromatic nitrogens is 2. The van der Waals surface area contributed by atoms with Crippen molar-refractivity contribution in [3.63, 3.8) is 0 Å². The van der Waals surface area contributed by atoms with E-state index in [4.69, 9.17) is 5.11 Å². The number of hydrogen-bond acceptors (Lipinski definition) is 6. The lowest BCUT2D eigenvalue weighted by Crippen LogP contribution is -2.06. The Morgan fingerprint density at radius 3 is 2.64 bits per heavy atom. The zero-order valence-corrected chi connectivity index (χ0v) is 17.4. The summed E-state index contributed by atoms with van der Waals surface area (Å²) in [6.07, 6.45) is 0.714. The number of aliphatic carboxylic acids is 1. The van der Waals surface area contributed by atoms with Crippen molar-refractivity contribution in [2.24, 2.45) is 0 Å². The second-order valence-corrected chi connectivity index (χ2v) is 8.51. The lowest BCUT2D eigenvalue weighted by Gasteiger charge is -2.14. The Morgan fingerprint density at radius 1 is 1.25 bits per heavy atom. The highest BCUT2D eigenvalue weighted by Crippen LogP contribution is 2.31. The molecule has 0 amide bonds. The van der Waals surface area contributed by atoms with E-state index in [2.05, 4.69) is 15.3 Å². The summed E-state index contributed by atoms with van der Waals surface area (Å²) in [6, 6.07) is 8.64. The van der Waals surface area contributed by atoms with Crippen molar-refractivity contribution < 1.29 is 14.3 Å².